The molecule has 0 aliphatic heterocycles. The van der Waals surface area contributed by atoms with Crippen LogP contribution >= 0.6 is 34.8 Å². The van der Waals surface area contributed by atoms with E-state index in [0.717, 1.165) is 6.07 Å². The summed E-state index contributed by atoms with van der Waals surface area (Å²) in [5.41, 5.74) is -4.45. The van der Waals surface area contributed by atoms with Crippen molar-refractivity contribution in [2.24, 2.45) is 16.2 Å². The van der Waals surface area contributed by atoms with Gasteiger partial charge in [-0.05, 0) is 59.7 Å². The number of carbonyl (C=O) groups is 3. The Labute approximate surface area is 262 Å². The summed E-state index contributed by atoms with van der Waals surface area (Å²) < 4.78 is 22.2. The maximum atomic E-state index is 13.1. The first-order valence-corrected chi connectivity index (χ1v) is 14.5. The number of fused-ring (bicyclic) bond motifs is 1. The van der Waals surface area contributed by atoms with Gasteiger partial charge in [-0.2, -0.15) is 0 Å². The lowest BCUT2D eigenvalue weighted by atomic mass is 9.96. The molecule has 13 heteroatoms. The summed E-state index contributed by atoms with van der Waals surface area (Å²) in [4.78, 5) is 51.2. The van der Waals surface area contributed by atoms with Crippen LogP contribution in [0.1, 0.15) is 41.5 Å². The number of hydrogen-bond donors (Lipinski definition) is 2. The second kappa shape index (κ2) is 12.6. The molecule has 43 heavy (non-hydrogen) atoms. The van der Waals surface area contributed by atoms with Gasteiger partial charge in [0.2, 0.25) is 11.2 Å². The number of esters is 3. The van der Waals surface area contributed by atoms with E-state index in [4.69, 9.17) is 53.4 Å². The first-order valence-electron chi connectivity index (χ1n) is 12.9. The smallest absolute Gasteiger partial charge is 0.318 e. The van der Waals surface area contributed by atoms with Crippen molar-refractivity contribution in [3.05, 3.63) is 40.6 Å². The average molecular weight is 658 g/mol. The predicted octanol–water partition coefficient (Wildman–Crippen LogP) is 6.38. The Hall–Kier alpha value is -3.47. The lowest BCUT2D eigenvalue weighted by Gasteiger charge is -2.22. The van der Waals surface area contributed by atoms with Gasteiger partial charge in [0.15, 0.2) is 17.3 Å². The van der Waals surface area contributed by atoms with Crippen LogP contribution in [0.5, 0.6) is 28.7 Å². The maximum Gasteiger partial charge on any atom is 0.318 e. The number of phenolic OH excluding ortho intramolecular Hbond substituents is 1. The third kappa shape index (κ3) is 7.20. The van der Waals surface area contributed by atoms with E-state index in [2.05, 4.69) is 0 Å². The first-order chi connectivity index (χ1) is 19.9. The molecular formula is C30H31Cl3O10. The number of alkyl halides is 3. The van der Waals surface area contributed by atoms with Gasteiger partial charge in [0.05, 0.1) is 16.2 Å². The van der Waals surface area contributed by atoms with Crippen molar-refractivity contribution >= 4 is 63.7 Å². The number of aromatic hydroxyl groups is 2. The van der Waals surface area contributed by atoms with Gasteiger partial charge in [0.1, 0.15) is 22.5 Å². The molecule has 0 bridgehead atoms. The Morgan fingerprint density at radius 3 is 1.74 bits per heavy atom. The van der Waals surface area contributed by atoms with Crippen molar-refractivity contribution in [1.29, 1.82) is 0 Å². The number of hydrogen-bond acceptors (Lipinski definition) is 10. The van der Waals surface area contributed by atoms with Crippen LogP contribution < -0.4 is 19.6 Å². The molecule has 0 spiro atoms. The van der Waals surface area contributed by atoms with E-state index in [-0.39, 0.29) is 57.2 Å². The summed E-state index contributed by atoms with van der Waals surface area (Å²) >= 11 is 17.7. The topological polar surface area (TPSA) is 150 Å². The SMILES string of the molecule is CC(C)(CCl)C(=O)Oc1cc(O)c2c(=O)c(O)c(-c3ccc(OC(=O)C(C)(C)CCl)c(OC(=O)C(C)(C)CCl)c3)oc2c1. The fourth-order valence-corrected chi connectivity index (χ4v) is 3.54. The molecule has 3 rings (SSSR count). The molecule has 232 valence electrons. The van der Waals surface area contributed by atoms with Crippen molar-refractivity contribution in [3.8, 4) is 40.1 Å². The zero-order chi connectivity index (χ0) is 32.5. The third-order valence-electron chi connectivity index (χ3n) is 6.41. The zero-order valence-corrected chi connectivity index (χ0v) is 26.6. The van der Waals surface area contributed by atoms with Gasteiger partial charge in [-0.15, -0.1) is 34.8 Å². The van der Waals surface area contributed by atoms with E-state index in [1.807, 2.05) is 0 Å². The lowest BCUT2D eigenvalue weighted by molar-refractivity contribution is -0.145. The Bertz CT molecular complexity index is 1640. The summed E-state index contributed by atoms with van der Waals surface area (Å²) in [7, 11) is 0. The molecule has 0 amide bonds. The van der Waals surface area contributed by atoms with Gasteiger partial charge in [-0.1, -0.05) is 0 Å². The summed E-state index contributed by atoms with van der Waals surface area (Å²) in [5, 5.41) is 20.9. The molecule has 0 radical (unpaired) electrons. The standard InChI is InChI=1S/C30H31Cl3O10/c1-28(2,12-31)25(37)40-16-10-17(34)21-20(11-16)41-24(23(36)22(21)35)15-7-8-18(42-26(38)29(3,4)13-32)19(9-15)43-27(39)30(5,6)14-33/h7-11,34,36H,12-14H2,1-6H3. The Kier molecular flexibility index (Phi) is 10.0. The zero-order valence-electron chi connectivity index (χ0n) is 24.3. The Morgan fingerprint density at radius 2 is 1.23 bits per heavy atom. The van der Waals surface area contributed by atoms with Crippen LogP contribution in [0.4, 0.5) is 0 Å². The molecule has 0 fully saturated rings. The fraction of sp³-hybridized carbons (Fsp3) is 0.400. The minimum Gasteiger partial charge on any atom is -0.507 e. The van der Waals surface area contributed by atoms with Crippen LogP contribution in [-0.4, -0.2) is 45.8 Å². The molecule has 0 saturated heterocycles. The monoisotopic (exact) mass is 656 g/mol. The third-order valence-corrected chi connectivity index (χ3v) is 8.41. The van der Waals surface area contributed by atoms with Crippen LogP contribution in [-0.2, 0) is 14.4 Å². The quantitative estimate of drug-likeness (QED) is 0.143. The highest BCUT2D eigenvalue weighted by Crippen LogP contribution is 2.40. The van der Waals surface area contributed by atoms with E-state index in [9.17, 15) is 29.4 Å². The first kappa shape index (κ1) is 34.0. The predicted molar refractivity (Wildman–Crippen MR) is 162 cm³/mol. The minimum atomic E-state index is -1.13. The van der Waals surface area contributed by atoms with Crippen LogP contribution in [0.2, 0.25) is 0 Å². The van der Waals surface area contributed by atoms with Gasteiger partial charge in [0, 0.05) is 35.3 Å². The number of ether oxygens (including phenoxy) is 3. The molecule has 0 saturated carbocycles. The molecule has 10 nitrogen and oxygen atoms in total. The highest BCUT2D eigenvalue weighted by atomic mass is 35.5. The van der Waals surface area contributed by atoms with Crippen LogP contribution in [0, 0.1) is 16.2 Å². The molecule has 2 aromatic carbocycles. The molecule has 1 aromatic heterocycles. The van der Waals surface area contributed by atoms with E-state index in [1.165, 1.54) is 24.3 Å². The van der Waals surface area contributed by atoms with Crippen molar-refractivity contribution < 1.29 is 43.2 Å². The normalized spacial score (nSPS) is 12.2. The number of phenols is 1. The van der Waals surface area contributed by atoms with Gasteiger partial charge < -0.3 is 28.8 Å². The number of carbonyl (C=O) groups excluding carboxylic acids is 3. The van der Waals surface area contributed by atoms with E-state index in [1.54, 1.807) is 41.5 Å². The Morgan fingerprint density at radius 1 is 0.744 bits per heavy atom. The fourth-order valence-electron chi connectivity index (χ4n) is 3.22. The van der Waals surface area contributed by atoms with Crippen molar-refractivity contribution in [2.45, 2.75) is 41.5 Å². The number of rotatable bonds is 10. The molecule has 0 aliphatic rings. The van der Waals surface area contributed by atoms with Crippen LogP contribution in [0.15, 0.2) is 39.5 Å². The average Bonchev–Trinajstić information content (AvgIpc) is 2.95. The van der Waals surface area contributed by atoms with Crippen molar-refractivity contribution in [3.63, 3.8) is 0 Å². The van der Waals surface area contributed by atoms with Crippen molar-refractivity contribution in [1.82, 2.24) is 0 Å². The van der Waals surface area contributed by atoms with Crippen molar-refractivity contribution in [2.75, 3.05) is 17.6 Å². The van der Waals surface area contributed by atoms with Gasteiger partial charge in [-0.3, -0.25) is 19.2 Å². The molecule has 1 heterocycles. The maximum absolute atomic E-state index is 13.1. The van der Waals surface area contributed by atoms with Gasteiger partial charge >= 0.3 is 17.9 Å². The summed E-state index contributed by atoms with van der Waals surface area (Å²) in [6, 6.07) is 6.06. The van der Waals surface area contributed by atoms with Gasteiger partial charge in [0.25, 0.3) is 0 Å². The molecule has 0 atom stereocenters. The second-order valence-corrected chi connectivity index (χ2v) is 12.6. The Balaban J connectivity index is 2.18. The largest absolute Gasteiger partial charge is 0.507 e. The molecule has 0 aliphatic carbocycles. The van der Waals surface area contributed by atoms with Gasteiger partial charge in [-0.25, -0.2) is 0 Å². The van der Waals surface area contributed by atoms with E-state index in [0.29, 0.717) is 0 Å². The summed E-state index contributed by atoms with van der Waals surface area (Å²) in [6.07, 6.45) is 0. The molecule has 3 aromatic rings. The van der Waals surface area contributed by atoms with Crippen LogP contribution in [0.3, 0.4) is 0 Å². The second-order valence-electron chi connectivity index (χ2n) is 11.8. The van der Waals surface area contributed by atoms with E-state index >= 15 is 0 Å². The number of halogens is 3. The summed E-state index contributed by atoms with van der Waals surface area (Å²) in [5.74, 6) is -4.74. The van der Waals surface area contributed by atoms with E-state index < -0.39 is 51.1 Å². The molecule has 2 N–H and O–H groups in total. The molecule has 0 unspecified atom stereocenters. The number of benzene rings is 2. The minimum absolute atomic E-state index is 0.0320. The molecular weight excluding hydrogens is 627 g/mol. The summed E-state index contributed by atoms with van der Waals surface area (Å²) in [6.45, 7) is 9.37. The lowest BCUT2D eigenvalue weighted by Crippen LogP contribution is -2.32. The highest BCUT2D eigenvalue weighted by Gasteiger charge is 2.33. The van der Waals surface area contributed by atoms with Crippen LogP contribution in [0.25, 0.3) is 22.3 Å². The highest BCUT2D eigenvalue weighted by molar-refractivity contribution is 6.20.